The number of aromatic nitrogens is 2. The fraction of sp³-hybridized carbons (Fsp3) is 0.444. The van der Waals surface area contributed by atoms with Gasteiger partial charge < -0.3 is 10.1 Å². The summed E-state index contributed by atoms with van der Waals surface area (Å²) in [6, 6.07) is 6.53. The number of nitrogens with one attached hydrogen (secondary N) is 1. The van der Waals surface area contributed by atoms with Gasteiger partial charge in [0.25, 0.3) is 0 Å². The Labute approximate surface area is 135 Å². The lowest BCUT2D eigenvalue weighted by atomic mass is 9.93. The first kappa shape index (κ1) is 14.3. The number of hydrogen-bond acceptors (Lipinski definition) is 3. The maximum absolute atomic E-state index is 12.7. The zero-order valence-corrected chi connectivity index (χ0v) is 13.3. The van der Waals surface area contributed by atoms with Crippen LogP contribution in [0.5, 0.6) is 5.75 Å². The maximum atomic E-state index is 12.7. The molecule has 1 N–H and O–H groups in total. The van der Waals surface area contributed by atoms with Crippen LogP contribution in [-0.4, -0.2) is 22.8 Å². The fourth-order valence-electron chi connectivity index (χ4n) is 3.46. The van der Waals surface area contributed by atoms with E-state index < -0.39 is 0 Å². The third kappa shape index (κ3) is 2.60. The molecule has 120 valence electrons. The molecule has 2 aliphatic carbocycles. The van der Waals surface area contributed by atoms with Crippen molar-refractivity contribution in [1.29, 1.82) is 0 Å². The molecular formula is C18H21N3O2. The molecule has 0 bridgehead atoms. The number of nitrogens with zero attached hydrogens (tertiary/aromatic N) is 2. The predicted molar refractivity (Wildman–Crippen MR) is 87.8 cm³/mol. The van der Waals surface area contributed by atoms with E-state index in [1.807, 2.05) is 23.0 Å². The van der Waals surface area contributed by atoms with Gasteiger partial charge in [-0.25, -0.2) is 0 Å². The van der Waals surface area contributed by atoms with E-state index in [2.05, 4.69) is 16.5 Å². The first-order valence-corrected chi connectivity index (χ1v) is 8.26. The van der Waals surface area contributed by atoms with Crippen molar-refractivity contribution < 1.29 is 9.53 Å². The minimum Gasteiger partial charge on any atom is -0.497 e. The van der Waals surface area contributed by atoms with Crippen molar-refractivity contribution in [2.75, 3.05) is 12.4 Å². The molecule has 1 atom stereocenters. The molecule has 4 rings (SSSR count). The van der Waals surface area contributed by atoms with E-state index in [1.54, 1.807) is 13.3 Å². The molecule has 1 aromatic carbocycles. The predicted octanol–water partition coefficient (Wildman–Crippen LogP) is 3.29. The number of amides is 1. The molecule has 0 saturated heterocycles. The summed E-state index contributed by atoms with van der Waals surface area (Å²) < 4.78 is 7.27. The highest BCUT2D eigenvalue weighted by molar-refractivity contribution is 5.96. The van der Waals surface area contributed by atoms with Crippen molar-refractivity contribution in [2.45, 2.75) is 44.1 Å². The van der Waals surface area contributed by atoms with Crippen LogP contribution in [-0.2, 0) is 11.2 Å². The molecule has 0 spiro atoms. The van der Waals surface area contributed by atoms with Crippen molar-refractivity contribution in [3.8, 4) is 5.75 Å². The van der Waals surface area contributed by atoms with Gasteiger partial charge in [-0.3, -0.25) is 9.48 Å². The summed E-state index contributed by atoms with van der Waals surface area (Å²) in [4.78, 5) is 12.7. The number of ether oxygens (including phenoxy) is 1. The number of carbonyl (C=O) groups is 1. The van der Waals surface area contributed by atoms with Gasteiger partial charge in [-0.05, 0) is 55.4 Å². The summed E-state index contributed by atoms with van der Waals surface area (Å²) >= 11 is 0. The summed E-state index contributed by atoms with van der Waals surface area (Å²) in [5.41, 5.74) is 3.13. The zero-order valence-electron chi connectivity index (χ0n) is 13.3. The van der Waals surface area contributed by atoms with Crippen molar-refractivity contribution in [3.63, 3.8) is 0 Å². The molecule has 0 radical (unpaired) electrons. The average molecular weight is 311 g/mol. The summed E-state index contributed by atoms with van der Waals surface area (Å²) in [6.07, 6.45) is 9.13. The Balaban J connectivity index is 1.49. The van der Waals surface area contributed by atoms with E-state index in [9.17, 15) is 4.79 Å². The van der Waals surface area contributed by atoms with Gasteiger partial charge in [0.2, 0.25) is 5.91 Å². The van der Waals surface area contributed by atoms with Crippen LogP contribution in [0.2, 0.25) is 0 Å². The highest BCUT2D eigenvalue weighted by Gasteiger charge is 2.29. The highest BCUT2D eigenvalue weighted by Crippen LogP contribution is 2.36. The molecular weight excluding hydrogens is 290 g/mol. The van der Waals surface area contributed by atoms with Crippen LogP contribution >= 0.6 is 0 Å². The standard InChI is InChI=1S/C18H21N3O2/c1-23-15-7-5-12-6-8-16(17(12)9-15)18(22)20-13-10-19-21(11-13)14-3-2-4-14/h5,7,9-11,14,16H,2-4,6,8H2,1H3,(H,20,22). The van der Waals surface area contributed by atoms with E-state index >= 15 is 0 Å². The monoisotopic (exact) mass is 311 g/mol. The fourth-order valence-corrected chi connectivity index (χ4v) is 3.46. The third-order valence-electron chi connectivity index (χ3n) is 5.07. The third-order valence-corrected chi connectivity index (χ3v) is 5.07. The van der Waals surface area contributed by atoms with Crippen LogP contribution in [0, 0.1) is 0 Å². The molecule has 0 aliphatic heterocycles. The average Bonchev–Trinajstić information content (AvgIpc) is 3.11. The summed E-state index contributed by atoms with van der Waals surface area (Å²) in [5, 5.41) is 7.39. The number of methoxy groups -OCH3 is 1. The minimum atomic E-state index is -0.104. The molecule has 23 heavy (non-hydrogen) atoms. The zero-order chi connectivity index (χ0) is 15.8. The summed E-state index contributed by atoms with van der Waals surface area (Å²) in [7, 11) is 1.65. The highest BCUT2D eigenvalue weighted by atomic mass is 16.5. The Hall–Kier alpha value is -2.30. The van der Waals surface area contributed by atoms with Crippen LogP contribution in [0.1, 0.15) is 48.8 Å². The Morgan fingerprint density at radius 3 is 2.96 bits per heavy atom. The number of hydrogen-bond donors (Lipinski definition) is 1. The van der Waals surface area contributed by atoms with E-state index in [1.165, 1.54) is 24.8 Å². The molecule has 2 aliphatic rings. The Morgan fingerprint density at radius 1 is 1.35 bits per heavy atom. The van der Waals surface area contributed by atoms with Gasteiger partial charge in [0.05, 0.1) is 31.0 Å². The second-order valence-corrected chi connectivity index (χ2v) is 6.44. The topological polar surface area (TPSA) is 56.1 Å². The number of anilines is 1. The van der Waals surface area contributed by atoms with Crippen LogP contribution < -0.4 is 10.1 Å². The Morgan fingerprint density at radius 2 is 2.22 bits per heavy atom. The quantitative estimate of drug-likeness (QED) is 0.942. The molecule has 2 aromatic rings. The van der Waals surface area contributed by atoms with E-state index in [0.717, 1.165) is 29.8 Å². The molecule has 1 saturated carbocycles. The largest absolute Gasteiger partial charge is 0.497 e. The second kappa shape index (κ2) is 5.72. The van der Waals surface area contributed by atoms with Crippen molar-refractivity contribution in [1.82, 2.24) is 9.78 Å². The van der Waals surface area contributed by atoms with Crippen LogP contribution in [0.15, 0.2) is 30.6 Å². The van der Waals surface area contributed by atoms with Gasteiger partial charge >= 0.3 is 0 Å². The number of rotatable bonds is 4. The minimum absolute atomic E-state index is 0.0464. The van der Waals surface area contributed by atoms with Crippen molar-refractivity contribution in [3.05, 3.63) is 41.7 Å². The molecule has 1 fully saturated rings. The molecule has 1 unspecified atom stereocenters. The van der Waals surface area contributed by atoms with Crippen LogP contribution in [0.4, 0.5) is 5.69 Å². The van der Waals surface area contributed by atoms with Gasteiger partial charge in [-0.1, -0.05) is 6.07 Å². The van der Waals surface area contributed by atoms with Gasteiger partial charge in [-0.2, -0.15) is 5.10 Å². The number of fused-ring (bicyclic) bond motifs is 1. The van der Waals surface area contributed by atoms with E-state index in [-0.39, 0.29) is 11.8 Å². The number of aryl methyl sites for hydroxylation is 1. The van der Waals surface area contributed by atoms with Crippen molar-refractivity contribution >= 4 is 11.6 Å². The van der Waals surface area contributed by atoms with Crippen LogP contribution in [0.25, 0.3) is 0 Å². The van der Waals surface area contributed by atoms with Crippen molar-refractivity contribution in [2.24, 2.45) is 0 Å². The molecule has 1 aromatic heterocycles. The molecule has 5 nitrogen and oxygen atoms in total. The molecule has 5 heteroatoms. The lowest BCUT2D eigenvalue weighted by Crippen LogP contribution is -2.19. The number of carbonyl (C=O) groups excluding carboxylic acids is 1. The van der Waals surface area contributed by atoms with E-state index in [0.29, 0.717) is 6.04 Å². The second-order valence-electron chi connectivity index (χ2n) is 6.44. The van der Waals surface area contributed by atoms with Crippen LogP contribution in [0.3, 0.4) is 0 Å². The smallest absolute Gasteiger partial charge is 0.232 e. The normalized spacial score (nSPS) is 20.0. The van der Waals surface area contributed by atoms with Gasteiger partial charge in [0.1, 0.15) is 5.75 Å². The van der Waals surface area contributed by atoms with Gasteiger partial charge in [0.15, 0.2) is 0 Å². The first-order chi connectivity index (χ1) is 11.2. The van der Waals surface area contributed by atoms with Gasteiger partial charge in [-0.15, -0.1) is 0 Å². The molecule has 1 heterocycles. The maximum Gasteiger partial charge on any atom is 0.232 e. The lowest BCUT2D eigenvalue weighted by molar-refractivity contribution is -0.117. The summed E-state index contributed by atoms with van der Waals surface area (Å²) in [6.45, 7) is 0. The van der Waals surface area contributed by atoms with E-state index in [4.69, 9.17) is 4.74 Å². The van der Waals surface area contributed by atoms with Gasteiger partial charge in [0, 0.05) is 6.20 Å². The SMILES string of the molecule is COc1ccc2c(c1)C(C(=O)Nc1cnn(C3CCC3)c1)CC2. The summed E-state index contributed by atoms with van der Waals surface area (Å²) in [5.74, 6) is 0.749. The Kier molecular flexibility index (Phi) is 3.56. The number of benzene rings is 1. The molecule has 1 amide bonds. The lowest BCUT2D eigenvalue weighted by Gasteiger charge is -2.25. The Bertz CT molecular complexity index is 734. The first-order valence-electron chi connectivity index (χ1n) is 8.26.